The van der Waals surface area contributed by atoms with Crippen LogP contribution in [-0.4, -0.2) is 25.3 Å². The molecule has 0 spiro atoms. The highest BCUT2D eigenvalue weighted by molar-refractivity contribution is 4.66. The monoisotopic (exact) mass is 114 g/mol. The first-order valence-corrected chi connectivity index (χ1v) is 3.08. The van der Waals surface area contributed by atoms with E-state index in [0.717, 1.165) is 13.1 Å². The summed E-state index contributed by atoms with van der Waals surface area (Å²) in [6.45, 7) is 5.87. The van der Waals surface area contributed by atoms with Gasteiger partial charge in [0.2, 0.25) is 0 Å². The Kier molecular flexibility index (Phi) is 1.86. The van der Waals surface area contributed by atoms with E-state index >= 15 is 0 Å². The molecule has 1 heterocycles. The zero-order valence-corrected chi connectivity index (χ0v) is 5.42. The Bertz CT molecular complexity index is 66.9. The maximum Gasteiger partial charge on any atom is 0.0692 e. The molecule has 2 atom stereocenters. The van der Waals surface area contributed by atoms with Crippen molar-refractivity contribution in [1.29, 1.82) is 0 Å². The van der Waals surface area contributed by atoms with Gasteiger partial charge in [-0.1, -0.05) is 0 Å². The molecular weight excluding hydrogens is 102 g/mol. The van der Waals surface area contributed by atoms with Gasteiger partial charge < -0.3 is 4.74 Å². The van der Waals surface area contributed by atoms with Gasteiger partial charge in [-0.2, -0.15) is 0 Å². The van der Waals surface area contributed by atoms with E-state index in [1.165, 1.54) is 0 Å². The molecule has 0 amide bonds. The van der Waals surface area contributed by atoms with E-state index in [9.17, 15) is 0 Å². The molecule has 0 N–H and O–H groups in total. The van der Waals surface area contributed by atoms with Crippen LogP contribution in [-0.2, 0) is 4.74 Å². The summed E-state index contributed by atoms with van der Waals surface area (Å²) in [5.74, 6) is 0. The van der Waals surface area contributed by atoms with Crippen molar-refractivity contribution < 1.29 is 4.74 Å². The molecule has 0 aliphatic carbocycles. The van der Waals surface area contributed by atoms with Gasteiger partial charge in [0, 0.05) is 13.1 Å². The second-order valence-corrected chi connectivity index (χ2v) is 2.35. The lowest BCUT2D eigenvalue weighted by Gasteiger charge is -2.24. The summed E-state index contributed by atoms with van der Waals surface area (Å²) < 4.78 is 5.39. The van der Waals surface area contributed by atoms with Crippen molar-refractivity contribution in [3.8, 4) is 0 Å². The number of ether oxygens (including phenoxy) is 1. The minimum atomic E-state index is 0.346. The normalized spacial score (nSPS) is 39.8. The van der Waals surface area contributed by atoms with Crippen LogP contribution in [0.25, 0.3) is 0 Å². The number of nitrogens with zero attached hydrogens (tertiary/aromatic N) is 1. The minimum absolute atomic E-state index is 0.346. The fourth-order valence-corrected chi connectivity index (χ4v) is 0.921. The second kappa shape index (κ2) is 2.46. The van der Waals surface area contributed by atoms with Crippen LogP contribution in [0.3, 0.4) is 0 Å². The molecular formula is C6H12NO. The summed E-state index contributed by atoms with van der Waals surface area (Å²) in [4.78, 5) is 0. The molecule has 47 valence electrons. The SMILES string of the molecule is CC1C[N]CC(C)O1. The van der Waals surface area contributed by atoms with Crippen molar-refractivity contribution in [3.05, 3.63) is 0 Å². The molecule has 2 nitrogen and oxygen atoms in total. The Morgan fingerprint density at radius 2 is 1.75 bits per heavy atom. The van der Waals surface area contributed by atoms with Crippen LogP contribution in [0, 0.1) is 0 Å². The molecule has 0 bridgehead atoms. The van der Waals surface area contributed by atoms with Gasteiger partial charge in [0.1, 0.15) is 0 Å². The number of rotatable bonds is 0. The average Bonchev–Trinajstić information content (AvgIpc) is 1.64. The third-order valence-corrected chi connectivity index (χ3v) is 1.24. The lowest BCUT2D eigenvalue weighted by Crippen LogP contribution is -2.37. The summed E-state index contributed by atoms with van der Waals surface area (Å²) in [7, 11) is 0. The van der Waals surface area contributed by atoms with Crippen molar-refractivity contribution in [2.45, 2.75) is 26.1 Å². The van der Waals surface area contributed by atoms with Gasteiger partial charge in [-0.25, -0.2) is 5.32 Å². The van der Waals surface area contributed by atoms with E-state index in [-0.39, 0.29) is 0 Å². The van der Waals surface area contributed by atoms with Crippen LogP contribution < -0.4 is 5.32 Å². The quantitative estimate of drug-likeness (QED) is 0.447. The van der Waals surface area contributed by atoms with Gasteiger partial charge in [-0.3, -0.25) is 0 Å². The topological polar surface area (TPSA) is 23.3 Å². The smallest absolute Gasteiger partial charge is 0.0692 e. The Hall–Kier alpha value is -0.0800. The fourth-order valence-electron chi connectivity index (χ4n) is 0.921. The molecule has 0 saturated carbocycles. The van der Waals surface area contributed by atoms with Crippen molar-refractivity contribution >= 4 is 0 Å². The first kappa shape index (κ1) is 6.05. The first-order chi connectivity index (χ1) is 3.79. The summed E-state index contributed by atoms with van der Waals surface area (Å²) in [6.07, 6.45) is 0.692. The van der Waals surface area contributed by atoms with Crippen LogP contribution in [0.2, 0.25) is 0 Å². The van der Waals surface area contributed by atoms with Gasteiger partial charge in [0.25, 0.3) is 0 Å². The van der Waals surface area contributed by atoms with E-state index in [0.29, 0.717) is 12.2 Å². The summed E-state index contributed by atoms with van der Waals surface area (Å²) in [6, 6.07) is 0. The summed E-state index contributed by atoms with van der Waals surface area (Å²) in [5.41, 5.74) is 0. The summed E-state index contributed by atoms with van der Waals surface area (Å²) >= 11 is 0. The Balaban J connectivity index is 2.23. The highest BCUT2D eigenvalue weighted by Gasteiger charge is 2.14. The number of morpholine rings is 1. The first-order valence-electron chi connectivity index (χ1n) is 3.08. The molecule has 8 heavy (non-hydrogen) atoms. The Morgan fingerprint density at radius 3 is 2.00 bits per heavy atom. The van der Waals surface area contributed by atoms with E-state index in [4.69, 9.17) is 4.74 Å². The third-order valence-electron chi connectivity index (χ3n) is 1.24. The average molecular weight is 114 g/mol. The lowest BCUT2D eigenvalue weighted by atomic mass is 10.3. The molecule has 1 radical (unpaired) electrons. The number of hydrogen-bond donors (Lipinski definition) is 0. The van der Waals surface area contributed by atoms with E-state index in [1.54, 1.807) is 0 Å². The third kappa shape index (κ3) is 1.46. The molecule has 1 saturated heterocycles. The van der Waals surface area contributed by atoms with Crippen LogP contribution in [0.5, 0.6) is 0 Å². The second-order valence-electron chi connectivity index (χ2n) is 2.35. The zero-order valence-electron chi connectivity index (χ0n) is 5.42. The molecule has 2 heteroatoms. The van der Waals surface area contributed by atoms with Crippen molar-refractivity contribution in [3.63, 3.8) is 0 Å². The Labute approximate surface area is 50.2 Å². The highest BCUT2D eigenvalue weighted by Crippen LogP contribution is 2.01. The van der Waals surface area contributed by atoms with Crippen LogP contribution in [0.4, 0.5) is 0 Å². The van der Waals surface area contributed by atoms with E-state index in [1.807, 2.05) is 0 Å². The largest absolute Gasteiger partial charge is 0.373 e. The predicted molar refractivity (Wildman–Crippen MR) is 31.9 cm³/mol. The van der Waals surface area contributed by atoms with Crippen LogP contribution in [0.15, 0.2) is 0 Å². The van der Waals surface area contributed by atoms with Crippen LogP contribution in [0.1, 0.15) is 13.8 Å². The molecule has 1 aliphatic heterocycles. The van der Waals surface area contributed by atoms with Gasteiger partial charge in [0.05, 0.1) is 12.2 Å². The van der Waals surface area contributed by atoms with E-state index < -0.39 is 0 Å². The lowest BCUT2D eigenvalue weighted by molar-refractivity contribution is -0.0181. The molecule has 2 unspecified atom stereocenters. The highest BCUT2D eigenvalue weighted by atomic mass is 16.5. The maximum atomic E-state index is 5.39. The molecule has 0 aromatic rings. The Morgan fingerprint density at radius 1 is 1.25 bits per heavy atom. The van der Waals surface area contributed by atoms with Gasteiger partial charge in [-0.15, -0.1) is 0 Å². The maximum absolute atomic E-state index is 5.39. The summed E-state index contributed by atoms with van der Waals surface area (Å²) in [5, 5.41) is 4.21. The van der Waals surface area contributed by atoms with Crippen molar-refractivity contribution in [2.24, 2.45) is 0 Å². The van der Waals surface area contributed by atoms with Gasteiger partial charge in [0.15, 0.2) is 0 Å². The van der Waals surface area contributed by atoms with Gasteiger partial charge in [-0.05, 0) is 13.8 Å². The van der Waals surface area contributed by atoms with Crippen LogP contribution >= 0.6 is 0 Å². The number of hydrogen-bond acceptors (Lipinski definition) is 1. The molecule has 1 aliphatic rings. The minimum Gasteiger partial charge on any atom is -0.373 e. The fraction of sp³-hybridized carbons (Fsp3) is 1.00. The van der Waals surface area contributed by atoms with E-state index in [2.05, 4.69) is 19.2 Å². The molecule has 1 fully saturated rings. The molecule has 0 aromatic heterocycles. The van der Waals surface area contributed by atoms with Crippen molar-refractivity contribution in [2.75, 3.05) is 13.1 Å². The molecule has 1 rings (SSSR count). The predicted octanol–water partition coefficient (Wildman–Crippen LogP) is 0.398. The molecule has 0 aromatic carbocycles. The zero-order chi connectivity index (χ0) is 5.98. The van der Waals surface area contributed by atoms with Crippen molar-refractivity contribution in [1.82, 2.24) is 5.32 Å². The van der Waals surface area contributed by atoms with Gasteiger partial charge >= 0.3 is 0 Å². The standard InChI is InChI=1S/C6H12NO/c1-5-3-7-4-6(2)8-5/h5-6H,3-4H2,1-2H3.